The van der Waals surface area contributed by atoms with E-state index in [1.165, 1.54) is 0 Å². The van der Waals surface area contributed by atoms with Crippen LogP contribution in [0.5, 0.6) is 0 Å². The molecule has 0 amide bonds. The number of nitrogens with zero attached hydrogens (tertiary/aromatic N) is 4. The van der Waals surface area contributed by atoms with Crippen molar-refractivity contribution in [1.82, 2.24) is 19.6 Å². The maximum atomic E-state index is 11.0. The first-order chi connectivity index (χ1) is 21.3. The molecule has 0 saturated heterocycles. The zero-order chi connectivity index (χ0) is 31.1. The van der Waals surface area contributed by atoms with E-state index < -0.39 is 11.9 Å². The van der Waals surface area contributed by atoms with Gasteiger partial charge in [-0.15, -0.1) is 0 Å². The molecule has 0 unspecified atom stereocenters. The molecule has 0 N–H and O–H groups in total. The number of carbonyl (C=O) groups excluding carboxylic acids is 2. The average molecular weight is 664 g/mol. The Kier molecular flexibility index (Phi) is 12.0. The van der Waals surface area contributed by atoms with Gasteiger partial charge in [-0.1, -0.05) is 83.9 Å². The van der Waals surface area contributed by atoms with Gasteiger partial charge in [0.15, 0.2) is 0 Å². The Morgan fingerprint density at radius 1 is 0.556 bits per heavy atom. The maximum absolute atomic E-state index is 11.0. The number of carboxylic acid groups (broad SMARTS) is 2. The number of hydrogen-bond acceptors (Lipinski definition) is 6. The number of hydrogen-bond donors (Lipinski definition) is 0. The Morgan fingerprint density at radius 3 is 1.20 bits per heavy atom. The fourth-order valence-electron chi connectivity index (χ4n) is 4.52. The van der Waals surface area contributed by atoms with Gasteiger partial charge in [0.2, 0.25) is 0 Å². The molecule has 0 atom stereocenters. The van der Waals surface area contributed by atoms with Crippen LogP contribution in [0.2, 0.25) is 10.0 Å². The molecule has 11 heteroatoms. The molecule has 220 valence electrons. The van der Waals surface area contributed by atoms with Crippen molar-refractivity contribution in [2.24, 2.45) is 0 Å². The molecule has 0 spiro atoms. The third kappa shape index (κ3) is 9.06. The summed E-state index contributed by atoms with van der Waals surface area (Å²) in [6.45, 7) is 0. The maximum Gasteiger partial charge on any atom is 2.00 e. The number of carboxylic acids is 2. The number of carbonyl (C=O) groups is 2. The van der Waals surface area contributed by atoms with Crippen LogP contribution in [0.3, 0.4) is 0 Å². The predicted molar refractivity (Wildman–Crippen MR) is 171 cm³/mol. The summed E-state index contributed by atoms with van der Waals surface area (Å²) in [5.74, 6) is -2.27. The number of aromatic nitrogens is 4. The van der Waals surface area contributed by atoms with Crippen LogP contribution >= 0.6 is 23.2 Å². The van der Waals surface area contributed by atoms with Crippen molar-refractivity contribution in [3.63, 3.8) is 0 Å². The summed E-state index contributed by atoms with van der Waals surface area (Å²) in [6.07, 6.45) is 3.06. The number of benzene rings is 4. The first-order valence-electron chi connectivity index (χ1n) is 13.5. The normalized spacial score (nSPS) is 10.4. The van der Waals surface area contributed by atoms with E-state index >= 15 is 0 Å². The zero-order valence-electron chi connectivity index (χ0n) is 23.8. The fraction of sp³-hybridized carbons (Fsp3) is 0.0588. The Morgan fingerprint density at radius 2 is 0.889 bits per heavy atom. The van der Waals surface area contributed by atoms with Gasteiger partial charge < -0.3 is 19.8 Å². The summed E-state index contributed by atoms with van der Waals surface area (Å²) in [4.78, 5) is 22.0. The largest absolute Gasteiger partial charge is 2.00 e. The Bertz CT molecular complexity index is 1740. The molecular weight excluding hydrogens is 639 g/mol. The molecule has 4 aromatic carbocycles. The van der Waals surface area contributed by atoms with Gasteiger partial charge in [-0.25, -0.2) is 9.36 Å². The van der Waals surface area contributed by atoms with Gasteiger partial charge in [0.05, 0.1) is 22.8 Å². The number of para-hydroxylation sites is 2. The van der Waals surface area contributed by atoms with E-state index in [-0.39, 0.29) is 50.6 Å². The Labute approximate surface area is 299 Å². The van der Waals surface area contributed by atoms with Crippen molar-refractivity contribution in [3.05, 3.63) is 143 Å². The van der Waals surface area contributed by atoms with Crippen molar-refractivity contribution in [2.75, 3.05) is 0 Å². The first kappa shape index (κ1) is 34.0. The van der Waals surface area contributed by atoms with Crippen LogP contribution in [-0.2, 0) is 22.4 Å². The van der Waals surface area contributed by atoms with Crippen molar-refractivity contribution >= 4 is 72.9 Å². The fourth-order valence-corrected chi connectivity index (χ4v) is 4.77. The summed E-state index contributed by atoms with van der Waals surface area (Å²) < 4.78 is 3.34. The van der Waals surface area contributed by atoms with Gasteiger partial charge in [0.25, 0.3) is 0 Å². The molecule has 0 radical (unpaired) electrons. The van der Waals surface area contributed by atoms with Crippen LogP contribution in [0.15, 0.2) is 122 Å². The molecule has 8 nitrogen and oxygen atoms in total. The number of rotatable bonds is 8. The molecule has 6 rings (SSSR count). The molecule has 45 heavy (non-hydrogen) atoms. The predicted octanol–water partition coefficient (Wildman–Crippen LogP) is 4.59. The van der Waals surface area contributed by atoms with Crippen molar-refractivity contribution in [1.29, 1.82) is 0 Å². The van der Waals surface area contributed by atoms with E-state index in [0.29, 0.717) is 32.6 Å². The Hall–Kier alpha value is -3.92. The van der Waals surface area contributed by atoms with Crippen LogP contribution in [0, 0.1) is 0 Å². The van der Waals surface area contributed by atoms with Crippen LogP contribution < -0.4 is 10.2 Å². The third-order valence-electron chi connectivity index (χ3n) is 6.53. The van der Waals surface area contributed by atoms with E-state index in [9.17, 15) is 19.8 Å². The van der Waals surface area contributed by atoms with Crippen LogP contribution in [-0.4, -0.2) is 69.2 Å². The molecular formula is C34H24CaCl2N4O4. The first-order valence-corrected chi connectivity index (χ1v) is 14.2. The molecule has 2 aromatic heterocycles. The average Bonchev–Trinajstić information content (AvgIpc) is 3.63. The van der Waals surface area contributed by atoms with E-state index in [4.69, 9.17) is 23.2 Å². The topological polar surface area (TPSA) is 116 Å². The van der Waals surface area contributed by atoms with Gasteiger partial charge in [-0.2, -0.15) is 10.2 Å². The number of aliphatic carboxylic acids is 2. The van der Waals surface area contributed by atoms with Gasteiger partial charge in [0, 0.05) is 69.5 Å². The van der Waals surface area contributed by atoms with Crippen LogP contribution in [0.25, 0.3) is 33.9 Å². The Balaban J connectivity index is 0.000000200. The van der Waals surface area contributed by atoms with Crippen molar-refractivity contribution in [3.8, 4) is 33.9 Å². The van der Waals surface area contributed by atoms with Gasteiger partial charge in [-0.05, 0) is 48.5 Å². The van der Waals surface area contributed by atoms with Gasteiger partial charge >= 0.3 is 37.7 Å². The minimum atomic E-state index is -1.14. The molecule has 0 bridgehead atoms. The summed E-state index contributed by atoms with van der Waals surface area (Å²) in [7, 11) is 0. The summed E-state index contributed by atoms with van der Waals surface area (Å²) in [5.41, 5.74) is 5.79. The van der Waals surface area contributed by atoms with E-state index in [1.807, 2.05) is 84.9 Å². The molecule has 0 aliphatic rings. The molecule has 0 aliphatic heterocycles. The SMILES string of the molecule is O=C([O-])Cc1cn(-c2ccccc2)nc1-c1ccc(Cl)cc1.O=C([O-])Cc1cn(-c2ccccc2)nc1-c1ccc(Cl)cc1.[Ca+2]. The van der Waals surface area contributed by atoms with Gasteiger partial charge in [0.1, 0.15) is 0 Å². The summed E-state index contributed by atoms with van der Waals surface area (Å²) >= 11 is 11.8. The molecule has 0 aliphatic carbocycles. The van der Waals surface area contributed by atoms with E-state index in [1.54, 1.807) is 46.0 Å². The molecule has 6 aromatic rings. The zero-order valence-corrected chi connectivity index (χ0v) is 27.6. The van der Waals surface area contributed by atoms with Crippen molar-refractivity contribution in [2.45, 2.75) is 12.8 Å². The monoisotopic (exact) mass is 662 g/mol. The van der Waals surface area contributed by atoms with Crippen LogP contribution in [0.4, 0.5) is 0 Å². The quantitative estimate of drug-likeness (QED) is 0.220. The second kappa shape index (κ2) is 15.9. The van der Waals surface area contributed by atoms with E-state index in [2.05, 4.69) is 10.2 Å². The smallest absolute Gasteiger partial charge is 0.550 e. The third-order valence-corrected chi connectivity index (χ3v) is 7.03. The van der Waals surface area contributed by atoms with Gasteiger partial charge in [-0.3, -0.25) is 0 Å². The minimum absolute atomic E-state index is 0. The molecule has 2 heterocycles. The number of halogens is 2. The standard InChI is InChI=1S/2C17H13ClN2O2.Ca/c2*18-14-8-6-12(7-9-14)17-13(10-16(21)22)11-20(19-17)15-4-2-1-3-5-15;/h2*1-9,11H,10H2,(H,21,22);/q;;+2/p-2. The molecule has 0 saturated carbocycles. The van der Waals surface area contributed by atoms with Crippen molar-refractivity contribution < 1.29 is 19.8 Å². The minimum Gasteiger partial charge on any atom is -0.550 e. The van der Waals surface area contributed by atoms with E-state index in [0.717, 1.165) is 22.5 Å². The summed E-state index contributed by atoms with van der Waals surface area (Å²) in [5, 5.41) is 32.2. The van der Waals surface area contributed by atoms with Crippen LogP contribution in [0.1, 0.15) is 11.1 Å². The molecule has 0 fully saturated rings. The second-order valence-corrected chi connectivity index (χ2v) is 10.6. The second-order valence-electron chi connectivity index (χ2n) is 9.68. The summed E-state index contributed by atoms with van der Waals surface area (Å²) in [6, 6.07) is 33.3.